The van der Waals surface area contributed by atoms with Crippen molar-refractivity contribution < 1.29 is 23.1 Å². The van der Waals surface area contributed by atoms with Crippen molar-refractivity contribution in [3.05, 3.63) is 29.6 Å². The van der Waals surface area contributed by atoms with Gasteiger partial charge in [0.15, 0.2) is 0 Å². The standard InChI is InChI=1S/C26H33F2N5O3/c27-17-11-19(13-29)33(16-17)23(34)15-31-26-6-3-25(4-7-26,5-8-26)24(35)32-18-1-2-20(21(28)12-18)22-14-30-9-10-36-22/h1-2,12,17,19,22,30-31H,3-11,14-16H2,(H,32,35)/t17-,19-,22?,25?,26?/m0/s1. The molecule has 36 heavy (non-hydrogen) atoms. The Morgan fingerprint density at radius 2 is 1.97 bits per heavy atom. The summed E-state index contributed by atoms with van der Waals surface area (Å²) in [6, 6.07) is 6.08. The number of rotatable bonds is 6. The Kier molecular flexibility index (Phi) is 6.99. The quantitative estimate of drug-likeness (QED) is 0.553. The molecule has 3 aliphatic carbocycles. The number of morpholine rings is 1. The van der Waals surface area contributed by atoms with E-state index in [1.54, 1.807) is 12.1 Å². The summed E-state index contributed by atoms with van der Waals surface area (Å²) >= 11 is 0. The van der Waals surface area contributed by atoms with Crippen LogP contribution in [0.5, 0.6) is 0 Å². The number of amides is 2. The maximum Gasteiger partial charge on any atom is 0.237 e. The van der Waals surface area contributed by atoms with E-state index < -0.39 is 23.4 Å². The van der Waals surface area contributed by atoms with E-state index in [-0.39, 0.29) is 43.0 Å². The summed E-state index contributed by atoms with van der Waals surface area (Å²) in [6.45, 7) is 1.88. The largest absolute Gasteiger partial charge is 0.371 e. The first-order chi connectivity index (χ1) is 17.3. The lowest BCUT2D eigenvalue weighted by atomic mass is 9.57. The predicted octanol–water partition coefficient (Wildman–Crippen LogP) is 2.57. The van der Waals surface area contributed by atoms with Crippen LogP contribution in [0.2, 0.25) is 0 Å². The van der Waals surface area contributed by atoms with E-state index in [9.17, 15) is 23.6 Å². The minimum Gasteiger partial charge on any atom is -0.371 e. The highest BCUT2D eigenvalue weighted by atomic mass is 19.1. The molecule has 6 rings (SSSR count). The van der Waals surface area contributed by atoms with Crippen LogP contribution in [0.15, 0.2) is 18.2 Å². The number of carbonyl (C=O) groups excluding carboxylic acids is 2. The highest BCUT2D eigenvalue weighted by Gasteiger charge is 2.52. The van der Waals surface area contributed by atoms with E-state index in [2.05, 4.69) is 16.0 Å². The fourth-order valence-electron chi connectivity index (χ4n) is 6.23. The summed E-state index contributed by atoms with van der Waals surface area (Å²) in [7, 11) is 0. The van der Waals surface area contributed by atoms with E-state index in [0.717, 1.165) is 25.8 Å². The Labute approximate surface area is 209 Å². The fourth-order valence-corrected chi connectivity index (χ4v) is 6.23. The highest BCUT2D eigenvalue weighted by Crippen LogP contribution is 2.52. The van der Waals surface area contributed by atoms with Crippen molar-refractivity contribution in [2.24, 2.45) is 5.41 Å². The van der Waals surface area contributed by atoms with Crippen molar-refractivity contribution in [1.82, 2.24) is 15.5 Å². The molecule has 0 radical (unpaired) electrons. The van der Waals surface area contributed by atoms with Gasteiger partial charge in [0, 0.05) is 41.7 Å². The summed E-state index contributed by atoms with van der Waals surface area (Å²) in [5.74, 6) is -0.733. The third kappa shape index (κ3) is 4.84. The van der Waals surface area contributed by atoms with E-state index >= 15 is 0 Å². The predicted molar refractivity (Wildman–Crippen MR) is 128 cm³/mol. The number of nitriles is 1. The van der Waals surface area contributed by atoms with Gasteiger partial charge in [0.05, 0.1) is 31.9 Å². The molecule has 2 heterocycles. The summed E-state index contributed by atoms with van der Waals surface area (Å²) in [4.78, 5) is 27.2. The average Bonchev–Trinajstić information content (AvgIpc) is 3.30. The van der Waals surface area contributed by atoms with Gasteiger partial charge >= 0.3 is 0 Å². The number of hydrogen-bond donors (Lipinski definition) is 3. The number of nitrogens with one attached hydrogen (secondary N) is 3. The Morgan fingerprint density at radius 3 is 2.61 bits per heavy atom. The third-order valence-corrected chi connectivity index (χ3v) is 8.59. The monoisotopic (exact) mass is 501 g/mol. The number of alkyl halides is 1. The second kappa shape index (κ2) is 10.0. The van der Waals surface area contributed by atoms with Crippen molar-refractivity contribution in [2.45, 2.75) is 68.8 Å². The first-order valence-electron chi connectivity index (χ1n) is 12.8. The van der Waals surface area contributed by atoms with E-state index in [1.165, 1.54) is 11.0 Å². The Hall–Kier alpha value is -2.61. The molecular formula is C26H33F2N5O3. The summed E-state index contributed by atoms with van der Waals surface area (Å²) in [5.41, 5.74) is 0.197. The fraction of sp³-hybridized carbons (Fsp3) is 0.654. The molecule has 8 nitrogen and oxygen atoms in total. The number of fused-ring (bicyclic) bond motifs is 3. The van der Waals surface area contributed by atoms with Crippen LogP contribution < -0.4 is 16.0 Å². The van der Waals surface area contributed by atoms with Gasteiger partial charge < -0.3 is 25.6 Å². The van der Waals surface area contributed by atoms with Crippen LogP contribution in [-0.2, 0) is 14.3 Å². The Bertz CT molecular complexity index is 1030. The number of anilines is 1. The molecule has 1 aromatic rings. The maximum absolute atomic E-state index is 14.8. The third-order valence-electron chi connectivity index (χ3n) is 8.59. The summed E-state index contributed by atoms with van der Waals surface area (Å²) in [6.07, 6.45) is 2.88. The molecule has 3 saturated carbocycles. The van der Waals surface area contributed by atoms with Crippen molar-refractivity contribution in [3.8, 4) is 6.07 Å². The van der Waals surface area contributed by atoms with Gasteiger partial charge in [0.2, 0.25) is 11.8 Å². The van der Waals surface area contributed by atoms with Gasteiger partial charge in [-0.3, -0.25) is 9.59 Å². The van der Waals surface area contributed by atoms with Crippen LogP contribution in [0, 0.1) is 22.6 Å². The van der Waals surface area contributed by atoms with Gasteiger partial charge in [-0.15, -0.1) is 0 Å². The molecule has 10 heteroatoms. The summed E-state index contributed by atoms with van der Waals surface area (Å²) in [5, 5.41) is 18.7. The first kappa shape index (κ1) is 25.1. The van der Waals surface area contributed by atoms with Crippen LogP contribution in [0.3, 0.4) is 0 Å². The summed E-state index contributed by atoms with van der Waals surface area (Å²) < 4.78 is 34.1. The second-order valence-corrected chi connectivity index (χ2v) is 10.7. The molecule has 1 aromatic carbocycles. The molecule has 5 fully saturated rings. The number of halogens is 2. The number of carbonyl (C=O) groups is 2. The molecule has 5 aliphatic rings. The lowest BCUT2D eigenvalue weighted by molar-refractivity contribution is -0.135. The van der Waals surface area contributed by atoms with Gasteiger partial charge in [-0.1, -0.05) is 6.07 Å². The molecular weight excluding hydrogens is 468 g/mol. The average molecular weight is 502 g/mol. The van der Waals surface area contributed by atoms with E-state index in [1.807, 2.05) is 6.07 Å². The van der Waals surface area contributed by atoms with Crippen LogP contribution >= 0.6 is 0 Å². The molecule has 3 N–H and O–H groups in total. The zero-order valence-electron chi connectivity index (χ0n) is 20.3. The van der Waals surface area contributed by atoms with E-state index in [4.69, 9.17) is 4.74 Å². The molecule has 0 spiro atoms. The van der Waals surface area contributed by atoms with Crippen LogP contribution in [-0.4, -0.2) is 67.3 Å². The van der Waals surface area contributed by atoms with Crippen LogP contribution in [0.4, 0.5) is 14.5 Å². The number of nitrogens with zero attached hydrogens (tertiary/aromatic N) is 2. The van der Waals surface area contributed by atoms with Crippen molar-refractivity contribution in [3.63, 3.8) is 0 Å². The molecule has 3 atom stereocenters. The van der Waals surface area contributed by atoms with Gasteiger partial charge in [0.25, 0.3) is 0 Å². The smallest absolute Gasteiger partial charge is 0.237 e. The number of ether oxygens (including phenoxy) is 1. The van der Waals surface area contributed by atoms with Crippen LogP contribution in [0.25, 0.3) is 0 Å². The van der Waals surface area contributed by atoms with Gasteiger partial charge in [-0.25, -0.2) is 8.78 Å². The lowest BCUT2D eigenvalue weighted by Crippen LogP contribution is -2.59. The van der Waals surface area contributed by atoms with Crippen molar-refractivity contribution in [1.29, 1.82) is 5.26 Å². The minimum atomic E-state index is -1.15. The molecule has 194 valence electrons. The number of hydrogen-bond acceptors (Lipinski definition) is 6. The van der Waals surface area contributed by atoms with Gasteiger partial charge in [-0.05, 0) is 50.7 Å². The minimum absolute atomic E-state index is 0.0266. The Balaban J connectivity index is 1.15. The molecule has 2 bridgehead atoms. The van der Waals surface area contributed by atoms with Crippen LogP contribution in [0.1, 0.15) is 56.6 Å². The SMILES string of the molecule is N#C[C@@H]1C[C@H](F)CN1C(=O)CNC12CCC(C(=O)Nc3ccc(C4CNCCO4)c(F)c3)(CC1)CC2. The number of benzene rings is 1. The maximum atomic E-state index is 14.8. The van der Waals surface area contributed by atoms with Crippen molar-refractivity contribution in [2.75, 3.05) is 38.1 Å². The zero-order valence-corrected chi connectivity index (χ0v) is 20.3. The van der Waals surface area contributed by atoms with Gasteiger partial charge in [0.1, 0.15) is 18.0 Å². The molecule has 2 aliphatic heterocycles. The molecule has 1 unspecified atom stereocenters. The molecule has 2 amide bonds. The topological polar surface area (TPSA) is 106 Å². The molecule has 2 saturated heterocycles. The van der Waals surface area contributed by atoms with E-state index in [0.29, 0.717) is 43.7 Å². The first-order valence-corrected chi connectivity index (χ1v) is 12.8. The van der Waals surface area contributed by atoms with Gasteiger partial charge in [-0.2, -0.15) is 5.26 Å². The Morgan fingerprint density at radius 1 is 1.22 bits per heavy atom. The normalized spacial score (nSPS) is 33.8. The number of likely N-dealkylation sites (tertiary alicyclic amines) is 1. The highest BCUT2D eigenvalue weighted by molar-refractivity contribution is 5.95. The zero-order chi connectivity index (χ0) is 25.3. The van der Waals surface area contributed by atoms with Crippen molar-refractivity contribution >= 4 is 17.5 Å². The lowest BCUT2D eigenvalue weighted by Gasteiger charge is -2.52. The molecule has 0 aromatic heterocycles. The second-order valence-electron chi connectivity index (χ2n) is 10.7.